The number of rotatable bonds is 20. The minimum atomic E-state index is -1.34. The summed E-state index contributed by atoms with van der Waals surface area (Å²) in [7, 11) is 2.55. The van der Waals surface area contributed by atoms with Gasteiger partial charge in [-0.25, -0.2) is 8.78 Å². The zero-order valence-corrected chi connectivity index (χ0v) is 33.9. The third-order valence-electron chi connectivity index (χ3n) is 9.86. The lowest BCUT2D eigenvalue weighted by molar-refractivity contribution is -0.485. The fraction of sp³-hybridized carbons (Fsp3) is 0.409. The third-order valence-corrected chi connectivity index (χ3v) is 9.86. The first-order chi connectivity index (χ1) is 27.6. The lowest BCUT2D eigenvalue weighted by atomic mass is 9.73. The summed E-state index contributed by atoms with van der Waals surface area (Å²) in [5, 5.41) is 29.6. The van der Waals surface area contributed by atoms with E-state index < -0.39 is 69.4 Å². The molecule has 58 heavy (non-hydrogen) atoms. The molecule has 12 nitrogen and oxygen atoms in total. The number of methoxy groups -OCH3 is 2. The molecule has 0 heterocycles. The summed E-state index contributed by atoms with van der Waals surface area (Å²) in [6, 6.07) is 29.9. The van der Waals surface area contributed by atoms with E-state index >= 15 is 0 Å². The predicted octanol–water partition coefficient (Wildman–Crippen LogP) is 7.87. The molecule has 0 saturated carbocycles. The Labute approximate surface area is 338 Å². The Balaban J connectivity index is 0.000000310. The van der Waals surface area contributed by atoms with E-state index in [4.69, 9.17) is 9.47 Å². The van der Waals surface area contributed by atoms with Crippen molar-refractivity contribution in [2.24, 2.45) is 11.8 Å². The highest BCUT2D eigenvalue weighted by atomic mass is 19.1. The summed E-state index contributed by atoms with van der Waals surface area (Å²) in [4.78, 5) is 48.3. The van der Waals surface area contributed by atoms with E-state index in [2.05, 4.69) is 10.6 Å². The van der Waals surface area contributed by atoms with Crippen LogP contribution < -0.4 is 10.6 Å². The van der Waals surface area contributed by atoms with Gasteiger partial charge in [0.05, 0.1) is 26.1 Å². The van der Waals surface area contributed by atoms with Crippen molar-refractivity contribution >= 4 is 11.9 Å². The standard InChI is InChI=1S/2C22H27FN2O4/c2*1-16(2)13-22(21(26)29-3,24-14-17-7-5-4-6-8-17)20(15-25(27)28)18-9-11-19(23)12-10-18/h2*4-12,16,20,24H,13-15H2,1-3H3/t2*20-,22-/m10/s1. The van der Waals surface area contributed by atoms with Crippen LogP contribution in [-0.2, 0) is 32.2 Å². The Morgan fingerprint density at radius 1 is 0.586 bits per heavy atom. The molecule has 0 aromatic heterocycles. The number of nitro groups is 2. The minimum Gasteiger partial charge on any atom is -0.468 e. The van der Waals surface area contributed by atoms with Gasteiger partial charge in [-0.05, 0) is 71.2 Å². The van der Waals surface area contributed by atoms with Gasteiger partial charge in [0.15, 0.2) is 0 Å². The average Bonchev–Trinajstić information content (AvgIpc) is 3.20. The van der Waals surface area contributed by atoms with Crippen LogP contribution in [0.3, 0.4) is 0 Å². The Hall–Kier alpha value is -5.60. The zero-order chi connectivity index (χ0) is 42.9. The van der Waals surface area contributed by atoms with Crippen LogP contribution in [-0.4, -0.2) is 60.2 Å². The molecule has 0 radical (unpaired) electrons. The summed E-state index contributed by atoms with van der Waals surface area (Å²) < 4.78 is 37.2. The first kappa shape index (κ1) is 46.8. The van der Waals surface area contributed by atoms with Gasteiger partial charge in [0.1, 0.15) is 22.7 Å². The second kappa shape index (κ2) is 22.4. The summed E-state index contributed by atoms with van der Waals surface area (Å²) >= 11 is 0. The maximum Gasteiger partial charge on any atom is 0.326 e. The monoisotopic (exact) mass is 804 g/mol. The van der Waals surface area contributed by atoms with Crippen LogP contribution in [0.1, 0.15) is 74.6 Å². The molecular weight excluding hydrogens is 750 g/mol. The Kier molecular flexibility index (Phi) is 18.0. The molecule has 14 heteroatoms. The molecule has 0 aliphatic heterocycles. The van der Waals surface area contributed by atoms with Gasteiger partial charge in [-0.2, -0.15) is 0 Å². The fourth-order valence-corrected chi connectivity index (χ4v) is 7.41. The van der Waals surface area contributed by atoms with Gasteiger partial charge in [-0.15, -0.1) is 0 Å². The summed E-state index contributed by atoms with van der Waals surface area (Å²) in [6.07, 6.45) is 0.644. The first-order valence-electron chi connectivity index (χ1n) is 19.1. The third kappa shape index (κ3) is 13.2. The molecular formula is C44H54F2N4O8. The Bertz CT molecular complexity index is 1760. The molecule has 0 amide bonds. The summed E-state index contributed by atoms with van der Waals surface area (Å²) in [5.41, 5.74) is 0.198. The second-order valence-electron chi connectivity index (χ2n) is 15.0. The maximum absolute atomic E-state index is 13.5. The smallest absolute Gasteiger partial charge is 0.326 e. The van der Waals surface area contributed by atoms with Gasteiger partial charge in [0.2, 0.25) is 13.1 Å². The van der Waals surface area contributed by atoms with Crippen LogP contribution >= 0.6 is 0 Å². The van der Waals surface area contributed by atoms with Gasteiger partial charge < -0.3 is 9.47 Å². The molecule has 0 saturated heterocycles. The van der Waals surface area contributed by atoms with Crippen molar-refractivity contribution in [2.45, 2.75) is 76.5 Å². The van der Waals surface area contributed by atoms with E-state index in [-0.39, 0.29) is 11.8 Å². The van der Waals surface area contributed by atoms with Crippen LogP contribution in [0.5, 0.6) is 0 Å². The zero-order valence-electron chi connectivity index (χ0n) is 33.9. The summed E-state index contributed by atoms with van der Waals surface area (Å²) in [6.45, 7) is 7.44. The Morgan fingerprint density at radius 2 is 0.897 bits per heavy atom. The van der Waals surface area contributed by atoms with Gasteiger partial charge in [-0.3, -0.25) is 40.5 Å². The van der Waals surface area contributed by atoms with Gasteiger partial charge in [0, 0.05) is 22.9 Å². The number of nitrogens with zero attached hydrogens (tertiary/aromatic N) is 2. The van der Waals surface area contributed by atoms with Crippen LogP contribution in [0, 0.1) is 43.7 Å². The molecule has 0 aliphatic rings. The van der Waals surface area contributed by atoms with Crippen LogP contribution in [0.2, 0.25) is 0 Å². The number of hydrogen-bond acceptors (Lipinski definition) is 10. The lowest BCUT2D eigenvalue weighted by Crippen LogP contribution is -2.59. The quantitative estimate of drug-likeness (QED) is 0.0511. The molecule has 4 aromatic rings. The van der Waals surface area contributed by atoms with Crippen molar-refractivity contribution in [3.8, 4) is 0 Å². The van der Waals surface area contributed by atoms with Crippen LogP contribution in [0.15, 0.2) is 109 Å². The van der Waals surface area contributed by atoms with Crippen LogP contribution in [0.4, 0.5) is 8.78 Å². The number of esters is 2. The topological polar surface area (TPSA) is 163 Å². The summed E-state index contributed by atoms with van der Waals surface area (Å²) in [5.74, 6) is -3.61. The molecule has 0 spiro atoms. The van der Waals surface area contributed by atoms with Crippen molar-refractivity contribution in [3.05, 3.63) is 163 Å². The molecule has 312 valence electrons. The Morgan fingerprint density at radius 3 is 1.16 bits per heavy atom. The number of nitrogens with one attached hydrogen (secondary N) is 2. The first-order valence-corrected chi connectivity index (χ1v) is 19.1. The minimum absolute atomic E-state index is 0.0482. The highest BCUT2D eigenvalue weighted by Gasteiger charge is 2.51. The number of benzene rings is 4. The van der Waals surface area contributed by atoms with Crippen molar-refractivity contribution in [1.29, 1.82) is 0 Å². The molecule has 0 bridgehead atoms. The second-order valence-corrected chi connectivity index (χ2v) is 15.0. The fourth-order valence-electron chi connectivity index (χ4n) is 7.41. The predicted molar refractivity (Wildman–Crippen MR) is 217 cm³/mol. The van der Waals surface area contributed by atoms with Gasteiger partial charge in [-0.1, -0.05) is 113 Å². The molecule has 0 unspecified atom stereocenters. The van der Waals surface area contributed by atoms with Crippen molar-refractivity contribution in [2.75, 3.05) is 27.3 Å². The van der Waals surface area contributed by atoms with E-state index in [1.807, 2.05) is 88.4 Å². The van der Waals surface area contributed by atoms with Gasteiger partial charge in [0.25, 0.3) is 0 Å². The van der Waals surface area contributed by atoms with Crippen LogP contribution in [0.25, 0.3) is 0 Å². The van der Waals surface area contributed by atoms with E-state index in [9.17, 15) is 38.6 Å². The van der Waals surface area contributed by atoms with Crippen molar-refractivity contribution < 1.29 is 37.7 Å². The average molecular weight is 805 g/mol. The number of ether oxygens (including phenoxy) is 2. The number of hydrogen-bond donors (Lipinski definition) is 2. The normalized spacial score (nSPS) is 14.2. The van der Waals surface area contributed by atoms with Gasteiger partial charge >= 0.3 is 11.9 Å². The molecule has 0 aliphatic carbocycles. The molecule has 0 fully saturated rings. The van der Waals surface area contributed by atoms with E-state index in [1.165, 1.54) is 62.8 Å². The highest BCUT2D eigenvalue weighted by Crippen LogP contribution is 2.37. The molecule has 2 N–H and O–H groups in total. The molecule has 4 atom stereocenters. The van der Waals surface area contributed by atoms with Crippen molar-refractivity contribution in [3.63, 3.8) is 0 Å². The van der Waals surface area contributed by atoms with Crippen molar-refractivity contribution in [1.82, 2.24) is 10.6 Å². The molecule has 4 rings (SSSR count). The number of halogens is 2. The lowest BCUT2D eigenvalue weighted by Gasteiger charge is -2.39. The van der Waals surface area contributed by atoms with E-state index in [1.54, 1.807) is 0 Å². The molecule has 4 aromatic carbocycles. The highest BCUT2D eigenvalue weighted by molar-refractivity contribution is 5.83. The number of carbonyl (C=O) groups is 2. The maximum atomic E-state index is 13.5. The largest absolute Gasteiger partial charge is 0.468 e. The van der Waals surface area contributed by atoms with E-state index in [0.29, 0.717) is 37.1 Å². The number of carbonyl (C=O) groups excluding carboxylic acids is 2. The van der Waals surface area contributed by atoms with E-state index in [0.717, 1.165) is 11.1 Å². The SMILES string of the molecule is COC(=O)[C@@](CC(C)C)(NCc1ccccc1)[C@@H](C[N+](=O)[O-])c1ccc(F)cc1.COC(=O)[C@](CC(C)C)(NCc1ccccc1)[C@H](C[N+](=O)[O-])c1ccc(F)cc1.